The monoisotopic (exact) mass is 372 g/mol. The number of benzene rings is 2. The van der Waals surface area contributed by atoms with Gasteiger partial charge in [-0.05, 0) is 56.7 Å². The summed E-state index contributed by atoms with van der Waals surface area (Å²) in [6.07, 6.45) is -1.23. The molecule has 3 aromatic rings. The van der Waals surface area contributed by atoms with Crippen LogP contribution in [0.3, 0.4) is 0 Å². The molecule has 0 spiro atoms. The molecule has 1 atom stereocenters. The maximum absolute atomic E-state index is 13.6. The molecule has 1 unspecified atom stereocenters. The fourth-order valence-electron chi connectivity index (χ4n) is 2.71. The lowest BCUT2D eigenvalue weighted by Crippen LogP contribution is -2.30. The number of hydrogen-bond donors (Lipinski definition) is 2. The number of aromatic amines is 1. The molecule has 2 N–H and O–H groups in total. The van der Waals surface area contributed by atoms with Crippen LogP contribution in [-0.4, -0.2) is 23.0 Å². The van der Waals surface area contributed by atoms with Gasteiger partial charge in [0.2, 0.25) is 0 Å². The summed E-state index contributed by atoms with van der Waals surface area (Å²) in [5.74, 6) is -3.36. The lowest BCUT2D eigenvalue weighted by molar-refractivity contribution is -0.123. The zero-order valence-corrected chi connectivity index (χ0v) is 15.0. The van der Waals surface area contributed by atoms with Gasteiger partial charge in [-0.3, -0.25) is 4.79 Å². The Morgan fingerprint density at radius 3 is 2.44 bits per heavy atom. The minimum atomic E-state index is -1.23. The van der Waals surface area contributed by atoms with Gasteiger partial charge in [-0.15, -0.1) is 0 Å². The van der Waals surface area contributed by atoms with Gasteiger partial charge >= 0.3 is 5.97 Å². The Morgan fingerprint density at radius 2 is 1.78 bits per heavy atom. The number of aryl methyl sites for hydroxylation is 2. The van der Waals surface area contributed by atoms with E-state index < -0.39 is 35.3 Å². The van der Waals surface area contributed by atoms with Gasteiger partial charge < -0.3 is 15.0 Å². The summed E-state index contributed by atoms with van der Waals surface area (Å²) < 4.78 is 32.4. The van der Waals surface area contributed by atoms with Crippen LogP contribution in [0.2, 0.25) is 0 Å². The molecule has 0 radical (unpaired) electrons. The molecule has 1 heterocycles. The van der Waals surface area contributed by atoms with Crippen LogP contribution in [0.5, 0.6) is 0 Å². The van der Waals surface area contributed by atoms with Crippen LogP contribution in [-0.2, 0) is 9.53 Å². The lowest BCUT2D eigenvalue weighted by Gasteiger charge is -2.14. The number of ether oxygens (including phenoxy) is 1. The molecule has 0 saturated heterocycles. The van der Waals surface area contributed by atoms with Crippen molar-refractivity contribution in [3.63, 3.8) is 0 Å². The summed E-state index contributed by atoms with van der Waals surface area (Å²) in [4.78, 5) is 27.7. The Hall–Kier alpha value is -3.22. The topological polar surface area (TPSA) is 71.2 Å². The predicted molar refractivity (Wildman–Crippen MR) is 97.6 cm³/mol. The highest BCUT2D eigenvalue weighted by molar-refractivity contribution is 5.99. The molecular weight excluding hydrogens is 354 g/mol. The Morgan fingerprint density at radius 1 is 1.11 bits per heavy atom. The number of nitrogens with one attached hydrogen (secondary N) is 2. The molecular formula is C20H18F2N2O3. The lowest BCUT2D eigenvalue weighted by atomic mass is 10.1. The van der Waals surface area contributed by atoms with E-state index in [9.17, 15) is 18.4 Å². The van der Waals surface area contributed by atoms with E-state index in [1.54, 1.807) is 18.2 Å². The molecule has 7 heteroatoms. The number of fused-ring (bicyclic) bond motifs is 1. The molecule has 27 heavy (non-hydrogen) atoms. The molecule has 0 aliphatic heterocycles. The van der Waals surface area contributed by atoms with Crippen LogP contribution in [0.4, 0.5) is 14.5 Å². The fourth-order valence-corrected chi connectivity index (χ4v) is 2.71. The van der Waals surface area contributed by atoms with E-state index in [1.807, 2.05) is 13.8 Å². The van der Waals surface area contributed by atoms with E-state index in [1.165, 1.54) is 13.0 Å². The van der Waals surface area contributed by atoms with Crippen LogP contribution >= 0.6 is 0 Å². The number of hydrogen-bond acceptors (Lipinski definition) is 3. The van der Waals surface area contributed by atoms with Crippen LogP contribution in [0.25, 0.3) is 10.9 Å². The SMILES string of the molecule is Cc1[nH]c2ccc(C(=O)OC(C)C(=O)Nc3c(F)cccc3F)cc2c1C. The first kappa shape index (κ1) is 18.6. The highest BCUT2D eigenvalue weighted by atomic mass is 19.1. The molecule has 0 aliphatic carbocycles. The van der Waals surface area contributed by atoms with Crippen molar-refractivity contribution < 1.29 is 23.1 Å². The van der Waals surface area contributed by atoms with Gasteiger partial charge in [-0.25, -0.2) is 13.6 Å². The molecule has 1 amide bonds. The standard InChI is InChI=1S/C20H18F2N2O3/c1-10-11(2)23-17-8-7-13(9-14(10)17)20(26)27-12(3)19(25)24-18-15(21)5-4-6-16(18)22/h4-9,12,23H,1-3H3,(H,24,25). The van der Waals surface area contributed by atoms with Crippen molar-refractivity contribution in [1.82, 2.24) is 4.98 Å². The van der Waals surface area contributed by atoms with Crippen molar-refractivity contribution >= 4 is 28.5 Å². The van der Waals surface area contributed by atoms with E-state index >= 15 is 0 Å². The average molecular weight is 372 g/mol. The minimum Gasteiger partial charge on any atom is -0.449 e. The van der Waals surface area contributed by atoms with E-state index in [0.717, 1.165) is 34.3 Å². The number of carbonyl (C=O) groups excluding carboxylic acids is 2. The summed E-state index contributed by atoms with van der Waals surface area (Å²) in [5, 5.41) is 2.99. The smallest absolute Gasteiger partial charge is 0.338 e. The van der Waals surface area contributed by atoms with E-state index in [4.69, 9.17) is 4.74 Å². The maximum Gasteiger partial charge on any atom is 0.338 e. The maximum atomic E-state index is 13.6. The number of anilines is 1. The molecule has 0 fully saturated rings. The predicted octanol–water partition coefficient (Wildman–Crippen LogP) is 4.25. The molecule has 5 nitrogen and oxygen atoms in total. The van der Waals surface area contributed by atoms with Crippen molar-refractivity contribution in [2.24, 2.45) is 0 Å². The Bertz CT molecular complexity index is 1020. The van der Waals surface area contributed by atoms with Crippen LogP contribution in [0, 0.1) is 25.5 Å². The Labute approximate surface area is 154 Å². The van der Waals surface area contributed by atoms with E-state index in [-0.39, 0.29) is 5.56 Å². The number of halogens is 2. The van der Waals surface area contributed by atoms with E-state index in [0.29, 0.717) is 0 Å². The number of aromatic nitrogens is 1. The van der Waals surface area contributed by atoms with Crippen LogP contribution in [0.1, 0.15) is 28.5 Å². The van der Waals surface area contributed by atoms with Gasteiger partial charge in [0.05, 0.1) is 5.56 Å². The Kier molecular flexibility index (Phi) is 4.94. The van der Waals surface area contributed by atoms with Crippen molar-refractivity contribution in [2.45, 2.75) is 26.9 Å². The number of amides is 1. The van der Waals surface area contributed by atoms with Crippen LogP contribution in [0.15, 0.2) is 36.4 Å². The van der Waals surface area contributed by atoms with Gasteiger partial charge in [0.25, 0.3) is 5.91 Å². The summed E-state index contributed by atoms with van der Waals surface area (Å²) in [6.45, 7) is 5.19. The third-order valence-electron chi connectivity index (χ3n) is 4.41. The minimum absolute atomic E-state index is 0.279. The third kappa shape index (κ3) is 3.67. The number of carbonyl (C=O) groups is 2. The zero-order chi connectivity index (χ0) is 19.7. The summed E-state index contributed by atoms with van der Waals surface area (Å²) in [5.41, 5.74) is 2.60. The van der Waals surface area contributed by atoms with Gasteiger partial charge in [-0.1, -0.05) is 6.07 Å². The second-order valence-corrected chi connectivity index (χ2v) is 6.27. The molecule has 0 bridgehead atoms. The quantitative estimate of drug-likeness (QED) is 0.673. The van der Waals surface area contributed by atoms with Crippen molar-refractivity contribution in [1.29, 1.82) is 0 Å². The average Bonchev–Trinajstić information content (AvgIpc) is 2.91. The van der Waals surface area contributed by atoms with Gasteiger partial charge in [-0.2, -0.15) is 0 Å². The summed E-state index contributed by atoms with van der Waals surface area (Å²) >= 11 is 0. The Balaban J connectivity index is 1.73. The van der Waals surface area contributed by atoms with E-state index in [2.05, 4.69) is 10.3 Å². The largest absolute Gasteiger partial charge is 0.449 e. The molecule has 0 aliphatic rings. The molecule has 0 saturated carbocycles. The first-order valence-corrected chi connectivity index (χ1v) is 8.32. The number of esters is 1. The molecule has 2 aromatic carbocycles. The van der Waals surface area contributed by atoms with Gasteiger partial charge in [0.1, 0.15) is 17.3 Å². The molecule has 140 valence electrons. The van der Waals surface area contributed by atoms with Gasteiger partial charge in [0.15, 0.2) is 6.10 Å². The normalized spacial score (nSPS) is 12.0. The number of para-hydroxylation sites is 1. The van der Waals surface area contributed by atoms with Crippen molar-refractivity contribution in [3.05, 3.63) is 64.9 Å². The second kappa shape index (κ2) is 7.19. The summed E-state index contributed by atoms with van der Waals surface area (Å²) in [6, 6.07) is 8.24. The first-order chi connectivity index (χ1) is 12.8. The number of H-pyrrole nitrogens is 1. The van der Waals surface area contributed by atoms with Crippen LogP contribution < -0.4 is 5.32 Å². The van der Waals surface area contributed by atoms with Crippen molar-refractivity contribution in [2.75, 3.05) is 5.32 Å². The van der Waals surface area contributed by atoms with Crippen molar-refractivity contribution in [3.8, 4) is 0 Å². The highest BCUT2D eigenvalue weighted by Gasteiger charge is 2.22. The number of rotatable bonds is 4. The second-order valence-electron chi connectivity index (χ2n) is 6.27. The third-order valence-corrected chi connectivity index (χ3v) is 4.41. The zero-order valence-electron chi connectivity index (χ0n) is 15.0. The molecule has 1 aromatic heterocycles. The highest BCUT2D eigenvalue weighted by Crippen LogP contribution is 2.23. The van der Waals surface area contributed by atoms with Gasteiger partial charge in [0, 0.05) is 16.6 Å². The molecule has 3 rings (SSSR count). The summed E-state index contributed by atoms with van der Waals surface area (Å²) in [7, 11) is 0. The fraction of sp³-hybridized carbons (Fsp3) is 0.200. The first-order valence-electron chi connectivity index (χ1n) is 8.32.